The van der Waals surface area contributed by atoms with Gasteiger partial charge in [0.2, 0.25) is 0 Å². The minimum atomic E-state index is -0.728. The van der Waals surface area contributed by atoms with Crippen LogP contribution >= 0.6 is 0 Å². The largest absolute Gasteiger partial charge is 0.507 e. The van der Waals surface area contributed by atoms with Crippen LogP contribution in [0.3, 0.4) is 0 Å². The number of methoxy groups -OCH3 is 1. The Morgan fingerprint density at radius 1 is 1.56 bits per heavy atom. The van der Waals surface area contributed by atoms with Crippen molar-refractivity contribution in [3.8, 4) is 5.75 Å². The molecule has 0 aliphatic rings. The van der Waals surface area contributed by atoms with Crippen LogP contribution in [0.25, 0.3) is 0 Å². The van der Waals surface area contributed by atoms with Crippen molar-refractivity contribution in [1.29, 1.82) is 0 Å². The fraction of sp³-hybridized carbons (Fsp3) is 0.364. The highest BCUT2D eigenvalue weighted by atomic mass is 19.1. The Hall–Kier alpha value is -1.62. The predicted molar refractivity (Wildman–Crippen MR) is 56.9 cm³/mol. The lowest BCUT2D eigenvalue weighted by molar-refractivity contribution is 0.0736. The van der Waals surface area contributed by atoms with E-state index in [0.29, 0.717) is 13.2 Å². The summed E-state index contributed by atoms with van der Waals surface area (Å²) in [6, 6.07) is 3.76. The van der Waals surface area contributed by atoms with E-state index in [1.165, 1.54) is 31.2 Å². The summed E-state index contributed by atoms with van der Waals surface area (Å²) in [6.45, 7) is 0.695. The summed E-state index contributed by atoms with van der Waals surface area (Å²) in [5, 5.41) is 9.42. The van der Waals surface area contributed by atoms with Crippen molar-refractivity contribution in [1.82, 2.24) is 4.90 Å². The number of likely N-dealkylation sites (N-methyl/N-ethyl adjacent to an activating group) is 1. The van der Waals surface area contributed by atoms with Crippen LogP contribution in [0.5, 0.6) is 5.75 Å². The number of halogens is 1. The lowest BCUT2D eigenvalue weighted by atomic mass is 10.1. The minimum absolute atomic E-state index is 0.305. The molecule has 1 amide bonds. The Morgan fingerprint density at radius 3 is 2.81 bits per heavy atom. The zero-order valence-corrected chi connectivity index (χ0v) is 9.24. The summed E-state index contributed by atoms with van der Waals surface area (Å²) in [6.07, 6.45) is 0. The third kappa shape index (κ3) is 2.70. The van der Waals surface area contributed by atoms with Crippen molar-refractivity contribution in [2.75, 3.05) is 27.3 Å². The van der Waals surface area contributed by atoms with Crippen LogP contribution in [0.4, 0.5) is 4.39 Å². The van der Waals surface area contributed by atoms with E-state index in [9.17, 15) is 14.3 Å². The number of phenols is 1. The summed E-state index contributed by atoms with van der Waals surface area (Å²) >= 11 is 0. The number of carbonyl (C=O) groups excluding carboxylic acids is 1. The zero-order chi connectivity index (χ0) is 12.1. The molecule has 4 nitrogen and oxygen atoms in total. The highest BCUT2D eigenvalue weighted by molar-refractivity contribution is 5.96. The second-order valence-corrected chi connectivity index (χ2v) is 3.35. The molecule has 1 aromatic rings. The normalized spacial score (nSPS) is 10.2. The minimum Gasteiger partial charge on any atom is -0.507 e. The maximum Gasteiger partial charge on any atom is 0.260 e. The molecule has 0 saturated carbocycles. The number of ether oxygens (including phenoxy) is 1. The van der Waals surface area contributed by atoms with Crippen LogP contribution in [-0.2, 0) is 4.74 Å². The van der Waals surface area contributed by atoms with Crippen LogP contribution < -0.4 is 0 Å². The molecular weight excluding hydrogens is 213 g/mol. The second-order valence-electron chi connectivity index (χ2n) is 3.35. The molecule has 1 aromatic carbocycles. The van der Waals surface area contributed by atoms with Crippen molar-refractivity contribution in [3.05, 3.63) is 29.6 Å². The van der Waals surface area contributed by atoms with E-state index in [-0.39, 0.29) is 11.3 Å². The van der Waals surface area contributed by atoms with Crippen molar-refractivity contribution in [2.45, 2.75) is 0 Å². The van der Waals surface area contributed by atoms with Gasteiger partial charge in [-0.25, -0.2) is 4.39 Å². The van der Waals surface area contributed by atoms with Gasteiger partial charge in [0.1, 0.15) is 17.1 Å². The summed E-state index contributed by atoms with van der Waals surface area (Å²) in [4.78, 5) is 13.1. The highest BCUT2D eigenvalue weighted by Crippen LogP contribution is 2.21. The molecule has 1 N–H and O–H groups in total. The quantitative estimate of drug-likeness (QED) is 0.842. The number of hydrogen-bond donors (Lipinski definition) is 1. The first-order chi connectivity index (χ1) is 7.57. The van der Waals surface area contributed by atoms with E-state index in [0.717, 1.165) is 6.07 Å². The third-order valence-electron chi connectivity index (χ3n) is 2.18. The number of phenolic OH excluding ortho intramolecular Hbond substituents is 1. The van der Waals surface area contributed by atoms with Gasteiger partial charge < -0.3 is 14.7 Å². The van der Waals surface area contributed by atoms with Crippen molar-refractivity contribution in [2.24, 2.45) is 0 Å². The third-order valence-corrected chi connectivity index (χ3v) is 2.18. The number of nitrogens with zero attached hydrogens (tertiary/aromatic N) is 1. The van der Waals surface area contributed by atoms with E-state index in [1.807, 2.05) is 0 Å². The SMILES string of the molecule is COCCN(C)C(=O)c1c(O)cccc1F. The van der Waals surface area contributed by atoms with E-state index >= 15 is 0 Å². The van der Waals surface area contributed by atoms with Crippen molar-refractivity contribution < 1.29 is 19.0 Å². The van der Waals surface area contributed by atoms with Crippen LogP contribution in [0.1, 0.15) is 10.4 Å². The number of benzene rings is 1. The predicted octanol–water partition coefficient (Wildman–Crippen LogP) is 1.25. The maximum absolute atomic E-state index is 13.3. The van der Waals surface area contributed by atoms with Gasteiger partial charge in [0, 0.05) is 20.7 Å². The Bertz CT molecular complexity index is 361. The first kappa shape index (κ1) is 12.4. The summed E-state index contributed by atoms with van der Waals surface area (Å²) in [5.41, 5.74) is -0.305. The Labute approximate surface area is 93.3 Å². The van der Waals surface area contributed by atoms with Crippen molar-refractivity contribution in [3.63, 3.8) is 0 Å². The van der Waals surface area contributed by atoms with E-state index in [1.54, 1.807) is 0 Å². The Morgan fingerprint density at radius 2 is 2.25 bits per heavy atom. The number of hydrogen-bond acceptors (Lipinski definition) is 3. The van der Waals surface area contributed by atoms with Gasteiger partial charge in [0.15, 0.2) is 0 Å². The van der Waals surface area contributed by atoms with Crippen LogP contribution in [0.15, 0.2) is 18.2 Å². The molecule has 0 atom stereocenters. The van der Waals surface area contributed by atoms with Gasteiger partial charge in [-0.15, -0.1) is 0 Å². The van der Waals surface area contributed by atoms with E-state index < -0.39 is 11.7 Å². The van der Waals surface area contributed by atoms with Gasteiger partial charge in [-0.1, -0.05) is 6.07 Å². The Balaban J connectivity index is 2.87. The maximum atomic E-state index is 13.3. The van der Waals surface area contributed by atoms with Gasteiger partial charge in [0.05, 0.1) is 6.61 Å². The number of rotatable bonds is 4. The molecule has 0 unspecified atom stereocenters. The Kier molecular flexibility index (Phi) is 4.25. The monoisotopic (exact) mass is 227 g/mol. The standard InChI is InChI=1S/C11H14FNO3/c1-13(6-7-16-2)11(15)10-8(12)4-3-5-9(10)14/h3-5,14H,6-7H2,1-2H3. The molecule has 0 radical (unpaired) electrons. The number of aromatic hydroxyl groups is 1. The van der Waals surface area contributed by atoms with Crippen LogP contribution in [0, 0.1) is 5.82 Å². The smallest absolute Gasteiger partial charge is 0.260 e. The lowest BCUT2D eigenvalue weighted by Crippen LogP contribution is -2.30. The van der Waals surface area contributed by atoms with Crippen molar-refractivity contribution >= 4 is 5.91 Å². The molecule has 0 bridgehead atoms. The average Bonchev–Trinajstić information content (AvgIpc) is 2.25. The summed E-state index contributed by atoms with van der Waals surface area (Å²) in [7, 11) is 3.03. The van der Waals surface area contributed by atoms with Gasteiger partial charge in [-0.2, -0.15) is 0 Å². The first-order valence-electron chi connectivity index (χ1n) is 4.79. The summed E-state index contributed by atoms with van der Waals surface area (Å²) < 4.78 is 18.2. The van der Waals surface area contributed by atoms with Gasteiger partial charge >= 0.3 is 0 Å². The van der Waals surface area contributed by atoms with E-state index in [4.69, 9.17) is 4.74 Å². The summed E-state index contributed by atoms with van der Waals surface area (Å²) in [5.74, 6) is -1.64. The van der Waals surface area contributed by atoms with Gasteiger partial charge in [-0.3, -0.25) is 4.79 Å². The molecule has 0 fully saturated rings. The number of carbonyl (C=O) groups is 1. The lowest BCUT2D eigenvalue weighted by Gasteiger charge is -2.17. The molecule has 0 spiro atoms. The molecule has 88 valence electrons. The van der Waals surface area contributed by atoms with Gasteiger partial charge in [-0.05, 0) is 12.1 Å². The first-order valence-corrected chi connectivity index (χ1v) is 4.79. The molecule has 0 heterocycles. The molecule has 0 aliphatic heterocycles. The van der Waals surface area contributed by atoms with Gasteiger partial charge in [0.25, 0.3) is 5.91 Å². The fourth-order valence-electron chi connectivity index (χ4n) is 1.25. The molecule has 16 heavy (non-hydrogen) atoms. The molecule has 0 saturated heterocycles. The molecule has 0 aromatic heterocycles. The molecule has 5 heteroatoms. The van der Waals surface area contributed by atoms with Crippen LogP contribution in [0.2, 0.25) is 0 Å². The second kappa shape index (κ2) is 5.46. The molecule has 0 aliphatic carbocycles. The fourth-order valence-corrected chi connectivity index (χ4v) is 1.25. The molecule has 1 rings (SSSR count). The average molecular weight is 227 g/mol. The van der Waals surface area contributed by atoms with Crippen LogP contribution in [-0.4, -0.2) is 43.2 Å². The highest BCUT2D eigenvalue weighted by Gasteiger charge is 2.19. The number of amides is 1. The van der Waals surface area contributed by atoms with E-state index in [2.05, 4.69) is 0 Å². The topological polar surface area (TPSA) is 49.8 Å². The zero-order valence-electron chi connectivity index (χ0n) is 9.24. The molecular formula is C11H14FNO3.